The maximum Gasteiger partial charge on any atom is 0.227 e. The molecular formula is C21H20FN5O. The van der Waals surface area contributed by atoms with Crippen molar-refractivity contribution in [2.45, 2.75) is 12.8 Å². The molecule has 1 amide bonds. The van der Waals surface area contributed by atoms with Crippen molar-refractivity contribution in [3.8, 4) is 11.3 Å². The summed E-state index contributed by atoms with van der Waals surface area (Å²) in [6, 6.07) is 13.9. The van der Waals surface area contributed by atoms with Crippen LogP contribution in [-0.2, 0) is 4.79 Å². The quantitative estimate of drug-likeness (QED) is 0.753. The third kappa shape index (κ3) is 3.98. The molecule has 1 aliphatic heterocycles. The van der Waals surface area contributed by atoms with E-state index in [-0.39, 0.29) is 17.5 Å². The predicted molar refractivity (Wildman–Crippen MR) is 105 cm³/mol. The number of aromatic nitrogens is 3. The van der Waals surface area contributed by atoms with Gasteiger partial charge in [-0.05, 0) is 49.2 Å². The minimum atomic E-state index is -0.419. The van der Waals surface area contributed by atoms with Crippen LogP contribution in [-0.4, -0.2) is 34.2 Å². The maximum absolute atomic E-state index is 13.7. The second-order valence-corrected chi connectivity index (χ2v) is 6.75. The number of pyridine rings is 1. The standard InChI is InChI=1S/C21H20FN5O/c22-17-5-1-2-6-19(17)24-21(28)15-9-12-27(13-10-15)20-8-7-18(25-26-20)16-4-3-11-23-14-16/h1-8,11,14-15H,9-10,12-13H2,(H,24,28). The lowest BCUT2D eigenvalue weighted by Gasteiger charge is -2.31. The summed E-state index contributed by atoms with van der Waals surface area (Å²) >= 11 is 0. The van der Waals surface area contributed by atoms with Gasteiger partial charge in [-0.25, -0.2) is 4.39 Å². The van der Waals surface area contributed by atoms with Crippen LogP contribution in [0.3, 0.4) is 0 Å². The van der Waals surface area contributed by atoms with Gasteiger partial charge in [-0.15, -0.1) is 10.2 Å². The molecule has 1 fully saturated rings. The first-order valence-corrected chi connectivity index (χ1v) is 9.25. The molecule has 0 bridgehead atoms. The van der Waals surface area contributed by atoms with Gasteiger partial charge < -0.3 is 10.2 Å². The Morgan fingerprint density at radius 1 is 1.04 bits per heavy atom. The van der Waals surface area contributed by atoms with Crippen molar-refractivity contribution in [3.63, 3.8) is 0 Å². The number of carbonyl (C=O) groups is 1. The van der Waals surface area contributed by atoms with Gasteiger partial charge in [0.1, 0.15) is 5.82 Å². The Labute approximate surface area is 162 Å². The van der Waals surface area contributed by atoms with Crippen molar-refractivity contribution < 1.29 is 9.18 Å². The minimum absolute atomic E-state index is 0.136. The smallest absolute Gasteiger partial charge is 0.227 e. The number of nitrogens with zero attached hydrogens (tertiary/aromatic N) is 4. The molecule has 7 heteroatoms. The molecule has 0 radical (unpaired) electrons. The molecule has 4 rings (SSSR count). The Hall–Kier alpha value is -3.35. The van der Waals surface area contributed by atoms with Gasteiger partial charge in [-0.2, -0.15) is 0 Å². The molecule has 2 aromatic heterocycles. The van der Waals surface area contributed by atoms with Crippen LogP contribution in [0.2, 0.25) is 0 Å². The average molecular weight is 377 g/mol. The van der Waals surface area contributed by atoms with E-state index in [0.717, 1.165) is 17.1 Å². The molecule has 0 atom stereocenters. The molecule has 1 aromatic carbocycles. The third-order valence-corrected chi connectivity index (χ3v) is 4.93. The molecule has 142 valence electrons. The average Bonchev–Trinajstić information content (AvgIpc) is 2.76. The summed E-state index contributed by atoms with van der Waals surface area (Å²) < 4.78 is 13.7. The minimum Gasteiger partial charge on any atom is -0.355 e. The van der Waals surface area contributed by atoms with Crippen molar-refractivity contribution in [1.29, 1.82) is 0 Å². The van der Waals surface area contributed by atoms with Gasteiger partial charge in [0.2, 0.25) is 5.91 Å². The zero-order chi connectivity index (χ0) is 19.3. The molecule has 0 unspecified atom stereocenters. The summed E-state index contributed by atoms with van der Waals surface area (Å²) in [5, 5.41) is 11.3. The van der Waals surface area contributed by atoms with E-state index in [1.165, 1.54) is 6.07 Å². The molecule has 6 nitrogen and oxygen atoms in total. The molecule has 1 aliphatic rings. The van der Waals surface area contributed by atoms with E-state index in [1.54, 1.807) is 30.6 Å². The Morgan fingerprint density at radius 3 is 2.54 bits per heavy atom. The van der Waals surface area contributed by atoms with Crippen LogP contribution >= 0.6 is 0 Å². The molecule has 3 heterocycles. The Balaban J connectivity index is 1.35. The molecule has 1 N–H and O–H groups in total. The van der Waals surface area contributed by atoms with E-state index in [1.807, 2.05) is 24.3 Å². The van der Waals surface area contributed by atoms with Gasteiger partial charge in [0.25, 0.3) is 0 Å². The highest BCUT2D eigenvalue weighted by Crippen LogP contribution is 2.24. The monoisotopic (exact) mass is 377 g/mol. The van der Waals surface area contributed by atoms with Gasteiger partial charge in [0, 0.05) is 37.0 Å². The van der Waals surface area contributed by atoms with Crippen LogP contribution in [0, 0.1) is 11.7 Å². The Morgan fingerprint density at radius 2 is 1.86 bits per heavy atom. The molecule has 3 aromatic rings. The van der Waals surface area contributed by atoms with Gasteiger partial charge in [0.05, 0.1) is 11.4 Å². The van der Waals surface area contributed by atoms with Crippen molar-refractivity contribution in [2.75, 3.05) is 23.3 Å². The highest BCUT2D eigenvalue weighted by atomic mass is 19.1. The fourth-order valence-corrected chi connectivity index (χ4v) is 3.33. The first-order valence-electron chi connectivity index (χ1n) is 9.25. The van der Waals surface area contributed by atoms with Crippen molar-refractivity contribution >= 4 is 17.4 Å². The van der Waals surface area contributed by atoms with E-state index in [2.05, 4.69) is 25.4 Å². The SMILES string of the molecule is O=C(Nc1ccccc1F)C1CCN(c2ccc(-c3cccnc3)nn2)CC1. The molecule has 0 saturated carbocycles. The molecule has 0 aliphatic carbocycles. The number of piperidine rings is 1. The number of hydrogen-bond donors (Lipinski definition) is 1. The fraction of sp³-hybridized carbons (Fsp3) is 0.238. The van der Waals surface area contributed by atoms with Crippen molar-refractivity contribution in [1.82, 2.24) is 15.2 Å². The second-order valence-electron chi connectivity index (χ2n) is 6.75. The largest absolute Gasteiger partial charge is 0.355 e. The van der Waals surface area contributed by atoms with Crippen LogP contribution in [0.5, 0.6) is 0 Å². The molecular weight excluding hydrogens is 357 g/mol. The number of anilines is 2. The Kier molecular flexibility index (Phi) is 5.23. The predicted octanol–water partition coefficient (Wildman–Crippen LogP) is 3.53. The van der Waals surface area contributed by atoms with Crippen molar-refractivity contribution in [2.24, 2.45) is 5.92 Å². The number of hydrogen-bond acceptors (Lipinski definition) is 5. The normalized spacial score (nSPS) is 14.7. The lowest BCUT2D eigenvalue weighted by atomic mass is 9.95. The first kappa shape index (κ1) is 18.0. The van der Waals surface area contributed by atoms with Crippen LogP contribution in [0.25, 0.3) is 11.3 Å². The lowest BCUT2D eigenvalue weighted by Crippen LogP contribution is -2.38. The van der Waals surface area contributed by atoms with Crippen LogP contribution in [0.4, 0.5) is 15.9 Å². The van der Waals surface area contributed by atoms with Gasteiger partial charge in [0.15, 0.2) is 5.82 Å². The highest BCUT2D eigenvalue weighted by molar-refractivity contribution is 5.92. The number of rotatable bonds is 4. The molecule has 0 spiro atoms. The number of nitrogens with one attached hydrogen (secondary N) is 1. The number of para-hydroxylation sites is 1. The number of halogens is 1. The van der Waals surface area contributed by atoms with Crippen LogP contribution in [0.15, 0.2) is 60.9 Å². The van der Waals surface area contributed by atoms with Gasteiger partial charge >= 0.3 is 0 Å². The van der Waals surface area contributed by atoms with Gasteiger partial charge in [-0.3, -0.25) is 9.78 Å². The van der Waals surface area contributed by atoms with E-state index < -0.39 is 5.82 Å². The lowest BCUT2D eigenvalue weighted by molar-refractivity contribution is -0.120. The van der Waals surface area contributed by atoms with E-state index in [0.29, 0.717) is 25.9 Å². The molecule has 28 heavy (non-hydrogen) atoms. The fourth-order valence-electron chi connectivity index (χ4n) is 3.33. The topological polar surface area (TPSA) is 71.0 Å². The van der Waals surface area contributed by atoms with Crippen molar-refractivity contribution in [3.05, 3.63) is 66.7 Å². The van der Waals surface area contributed by atoms with E-state index in [4.69, 9.17) is 0 Å². The molecule has 1 saturated heterocycles. The summed E-state index contributed by atoms with van der Waals surface area (Å²) in [5.41, 5.74) is 1.92. The van der Waals surface area contributed by atoms with E-state index >= 15 is 0 Å². The zero-order valence-electron chi connectivity index (χ0n) is 15.3. The number of carbonyl (C=O) groups excluding carboxylic acids is 1. The van der Waals surface area contributed by atoms with Crippen LogP contribution < -0.4 is 10.2 Å². The highest BCUT2D eigenvalue weighted by Gasteiger charge is 2.26. The summed E-state index contributed by atoms with van der Waals surface area (Å²) in [7, 11) is 0. The summed E-state index contributed by atoms with van der Waals surface area (Å²) in [5.74, 6) is 0.0964. The van der Waals surface area contributed by atoms with Crippen LogP contribution in [0.1, 0.15) is 12.8 Å². The summed E-state index contributed by atoms with van der Waals surface area (Å²) in [6.45, 7) is 1.41. The second kappa shape index (κ2) is 8.12. The number of benzene rings is 1. The van der Waals surface area contributed by atoms with Gasteiger partial charge in [-0.1, -0.05) is 12.1 Å². The number of amides is 1. The summed E-state index contributed by atoms with van der Waals surface area (Å²) in [4.78, 5) is 18.6. The summed E-state index contributed by atoms with van der Waals surface area (Å²) in [6.07, 6.45) is 4.85. The zero-order valence-corrected chi connectivity index (χ0v) is 15.3. The third-order valence-electron chi connectivity index (χ3n) is 4.93. The van der Waals surface area contributed by atoms with E-state index in [9.17, 15) is 9.18 Å². The first-order chi connectivity index (χ1) is 13.7. The maximum atomic E-state index is 13.7. The Bertz CT molecular complexity index is 941.